The van der Waals surface area contributed by atoms with Crippen LogP contribution in [0.15, 0.2) is 29.0 Å². The van der Waals surface area contributed by atoms with Crippen molar-refractivity contribution in [2.45, 2.75) is 32.0 Å². The SMILES string of the molecule is NC(=O)c1noc(CNC(=O)N(Cc2ccncc2)C[C@@H]2CCCO2)n1. The first kappa shape index (κ1) is 17.8. The molecule has 2 aromatic heterocycles. The van der Waals surface area contributed by atoms with Gasteiger partial charge in [-0.25, -0.2) is 4.79 Å². The fourth-order valence-corrected chi connectivity index (χ4v) is 2.65. The number of aromatic nitrogens is 3. The van der Waals surface area contributed by atoms with E-state index < -0.39 is 5.91 Å². The lowest BCUT2D eigenvalue weighted by Gasteiger charge is -2.25. The lowest BCUT2D eigenvalue weighted by molar-refractivity contribution is 0.0792. The normalized spacial score (nSPS) is 16.4. The Morgan fingerprint density at radius 1 is 1.35 bits per heavy atom. The van der Waals surface area contributed by atoms with Crippen LogP contribution >= 0.6 is 0 Å². The van der Waals surface area contributed by atoms with Crippen LogP contribution in [0.4, 0.5) is 4.79 Å². The van der Waals surface area contributed by atoms with Crippen molar-refractivity contribution < 1.29 is 18.8 Å². The first-order chi connectivity index (χ1) is 12.6. The molecule has 3 rings (SSSR count). The monoisotopic (exact) mass is 360 g/mol. The number of hydrogen-bond donors (Lipinski definition) is 2. The van der Waals surface area contributed by atoms with Crippen molar-refractivity contribution >= 4 is 11.9 Å². The van der Waals surface area contributed by atoms with E-state index in [1.807, 2.05) is 12.1 Å². The minimum Gasteiger partial charge on any atom is -0.376 e. The van der Waals surface area contributed by atoms with Gasteiger partial charge in [0, 0.05) is 32.1 Å². The van der Waals surface area contributed by atoms with Crippen LogP contribution in [-0.2, 0) is 17.8 Å². The van der Waals surface area contributed by atoms with Gasteiger partial charge in [0.25, 0.3) is 11.7 Å². The number of pyridine rings is 1. The summed E-state index contributed by atoms with van der Waals surface area (Å²) in [5.74, 6) is -0.903. The summed E-state index contributed by atoms with van der Waals surface area (Å²) < 4.78 is 10.5. The molecule has 1 saturated heterocycles. The van der Waals surface area contributed by atoms with Gasteiger partial charge in [0.05, 0.1) is 12.6 Å². The van der Waals surface area contributed by atoms with Gasteiger partial charge in [-0.15, -0.1) is 0 Å². The third-order valence-electron chi connectivity index (χ3n) is 3.94. The van der Waals surface area contributed by atoms with Crippen LogP contribution in [0.25, 0.3) is 0 Å². The van der Waals surface area contributed by atoms with Gasteiger partial charge in [-0.3, -0.25) is 9.78 Å². The van der Waals surface area contributed by atoms with E-state index in [1.54, 1.807) is 17.3 Å². The lowest BCUT2D eigenvalue weighted by atomic mass is 10.2. The number of primary amides is 1. The van der Waals surface area contributed by atoms with Crippen LogP contribution < -0.4 is 11.1 Å². The van der Waals surface area contributed by atoms with Crippen LogP contribution in [-0.4, -0.2) is 51.2 Å². The van der Waals surface area contributed by atoms with Crippen molar-refractivity contribution in [2.24, 2.45) is 5.73 Å². The number of hydrogen-bond acceptors (Lipinski definition) is 7. The summed E-state index contributed by atoms with van der Waals surface area (Å²) in [4.78, 5) is 33.0. The summed E-state index contributed by atoms with van der Waals surface area (Å²) in [6, 6.07) is 3.41. The minimum atomic E-state index is -0.788. The number of rotatable bonds is 7. The number of ether oxygens (including phenoxy) is 1. The molecule has 26 heavy (non-hydrogen) atoms. The molecule has 0 spiro atoms. The molecule has 0 bridgehead atoms. The number of carbonyl (C=O) groups is 2. The first-order valence-electron chi connectivity index (χ1n) is 8.27. The van der Waals surface area contributed by atoms with Gasteiger partial charge in [0.15, 0.2) is 0 Å². The molecule has 0 aliphatic carbocycles. The quantitative estimate of drug-likeness (QED) is 0.731. The Hall–Kier alpha value is -3.01. The molecule has 2 aromatic rings. The number of nitrogens with zero attached hydrogens (tertiary/aromatic N) is 4. The van der Waals surface area contributed by atoms with E-state index in [-0.39, 0.29) is 30.4 Å². The van der Waals surface area contributed by atoms with E-state index in [0.717, 1.165) is 18.4 Å². The van der Waals surface area contributed by atoms with E-state index in [9.17, 15) is 9.59 Å². The Morgan fingerprint density at radius 3 is 2.81 bits per heavy atom. The Balaban J connectivity index is 1.61. The standard InChI is InChI=1S/C16H20N6O4/c17-14(23)15-20-13(26-21-15)8-19-16(24)22(10-12-2-1-7-25-12)9-11-3-5-18-6-4-11/h3-6,12H,1-2,7-10H2,(H2,17,23)(H,19,24)/t12-/m0/s1. The third kappa shape index (κ3) is 4.76. The predicted molar refractivity (Wildman–Crippen MR) is 88.7 cm³/mol. The smallest absolute Gasteiger partial charge is 0.318 e. The molecule has 1 atom stereocenters. The molecule has 0 unspecified atom stereocenters. The molecule has 10 heteroatoms. The zero-order chi connectivity index (χ0) is 18.4. The Morgan fingerprint density at radius 2 is 2.15 bits per heavy atom. The van der Waals surface area contributed by atoms with Crippen LogP contribution in [0.1, 0.15) is 34.9 Å². The maximum Gasteiger partial charge on any atom is 0.318 e. The number of nitrogens with two attached hydrogens (primary N) is 1. The fraction of sp³-hybridized carbons (Fsp3) is 0.438. The second kappa shape index (κ2) is 8.39. The van der Waals surface area contributed by atoms with Gasteiger partial charge in [0.2, 0.25) is 5.89 Å². The molecule has 10 nitrogen and oxygen atoms in total. The molecule has 138 valence electrons. The molecular weight excluding hydrogens is 340 g/mol. The molecule has 1 aliphatic heterocycles. The van der Waals surface area contributed by atoms with Gasteiger partial charge in [-0.2, -0.15) is 4.98 Å². The fourth-order valence-electron chi connectivity index (χ4n) is 2.65. The summed E-state index contributed by atoms with van der Waals surface area (Å²) in [5, 5.41) is 6.15. The zero-order valence-corrected chi connectivity index (χ0v) is 14.1. The molecule has 1 fully saturated rings. The highest BCUT2D eigenvalue weighted by Crippen LogP contribution is 2.15. The maximum atomic E-state index is 12.6. The Labute approximate surface area is 149 Å². The largest absolute Gasteiger partial charge is 0.376 e. The zero-order valence-electron chi connectivity index (χ0n) is 14.1. The number of urea groups is 1. The first-order valence-corrected chi connectivity index (χ1v) is 8.27. The van der Waals surface area contributed by atoms with Gasteiger partial charge in [-0.05, 0) is 30.5 Å². The van der Waals surface area contributed by atoms with Crippen LogP contribution in [0.2, 0.25) is 0 Å². The van der Waals surface area contributed by atoms with Gasteiger partial charge < -0.3 is 25.2 Å². The molecule has 3 N–H and O–H groups in total. The van der Waals surface area contributed by atoms with Crippen molar-refractivity contribution in [1.82, 2.24) is 25.3 Å². The van der Waals surface area contributed by atoms with E-state index in [1.165, 1.54) is 0 Å². The van der Waals surface area contributed by atoms with Gasteiger partial charge in [-0.1, -0.05) is 5.16 Å². The summed E-state index contributed by atoms with van der Waals surface area (Å²) >= 11 is 0. The third-order valence-corrected chi connectivity index (χ3v) is 3.94. The van der Waals surface area contributed by atoms with Crippen LogP contribution in [0.5, 0.6) is 0 Å². The summed E-state index contributed by atoms with van der Waals surface area (Å²) in [6.07, 6.45) is 5.30. The minimum absolute atomic E-state index is 0.00250. The van der Waals surface area contributed by atoms with Gasteiger partial charge >= 0.3 is 6.03 Å². The number of amides is 3. The highest BCUT2D eigenvalue weighted by atomic mass is 16.5. The van der Waals surface area contributed by atoms with Crippen LogP contribution in [0.3, 0.4) is 0 Å². The van der Waals surface area contributed by atoms with Crippen molar-refractivity contribution in [2.75, 3.05) is 13.2 Å². The summed E-state index contributed by atoms with van der Waals surface area (Å²) in [6.45, 7) is 1.61. The molecule has 1 aliphatic rings. The molecular formula is C16H20N6O4. The van der Waals surface area contributed by atoms with Crippen LogP contribution in [0, 0.1) is 0 Å². The summed E-state index contributed by atoms with van der Waals surface area (Å²) in [7, 11) is 0. The highest BCUT2D eigenvalue weighted by molar-refractivity contribution is 5.88. The van der Waals surface area contributed by atoms with E-state index in [0.29, 0.717) is 19.7 Å². The Kier molecular flexibility index (Phi) is 5.74. The second-order valence-corrected chi connectivity index (χ2v) is 5.91. The van der Waals surface area contributed by atoms with Crippen molar-refractivity contribution in [3.8, 4) is 0 Å². The molecule has 0 saturated carbocycles. The number of nitrogens with one attached hydrogen (secondary N) is 1. The maximum absolute atomic E-state index is 12.6. The molecule has 0 radical (unpaired) electrons. The van der Waals surface area contributed by atoms with E-state index in [4.69, 9.17) is 15.0 Å². The van der Waals surface area contributed by atoms with Crippen molar-refractivity contribution in [3.05, 3.63) is 41.8 Å². The predicted octanol–water partition coefficient (Wildman–Crippen LogP) is 0.454. The average Bonchev–Trinajstić information content (AvgIpc) is 3.32. The second-order valence-electron chi connectivity index (χ2n) is 5.91. The van der Waals surface area contributed by atoms with E-state index >= 15 is 0 Å². The lowest BCUT2D eigenvalue weighted by Crippen LogP contribution is -2.43. The Bertz CT molecular complexity index is 744. The summed E-state index contributed by atoms with van der Waals surface area (Å²) in [5.41, 5.74) is 6.03. The van der Waals surface area contributed by atoms with Crippen molar-refractivity contribution in [1.29, 1.82) is 0 Å². The topological polar surface area (TPSA) is 136 Å². The number of carbonyl (C=O) groups excluding carboxylic acids is 2. The molecule has 3 amide bonds. The average molecular weight is 360 g/mol. The molecule has 0 aromatic carbocycles. The molecule has 3 heterocycles. The van der Waals surface area contributed by atoms with Gasteiger partial charge in [0.1, 0.15) is 0 Å². The van der Waals surface area contributed by atoms with Crippen molar-refractivity contribution in [3.63, 3.8) is 0 Å². The highest BCUT2D eigenvalue weighted by Gasteiger charge is 2.23. The van der Waals surface area contributed by atoms with E-state index in [2.05, 4.69) is 20.4 Å².